The van der Waals surface area contributed by atoms with Gasteiger partial charge >= 0.3 is 0 Å². The summed E-state index contributed by atoms with van der Waals surface area (Å²) in [4.78, 5) is 23.5. The number of nitrogens with one attached hydrogen (secondary N) is 1. The van der Waals surface area contributed by atoms with Gasteiger partial charge in [0.05, 0.1) is 0 Å². The van der Waals surface area contributed by atoms with Gasteiger partial charge in [0.15, 0.2) is 5.78 Å². The van der Waals surface area contributed by atoms with E-state index in [1.807, 2.05) is 6.92 Å². The molecule has 3 rings (SSSR count). The molecule has 0 heterocycles. The second-order valence-electron chi connectivity index (χ2n) is 8.82. The molecule has 0 aromatic carbocycles. The van der Waals surface area contributed by atoms with Gasteiger partial charge in [-0.2, -0.15) is 0 Å². The zero-order valence-electron chi connectivity index (χ0n) is 15.9. The lowest BCUT2D eigenvalue weighted by atomic mass is 9.72. The highest BCUT2D eigenvalue weighted by Gasteiger charge is 2.56. The summed E-state index contributed by atoms with van der Waals surface area (Å²) in [6.07, 6.45) is 8.25. The van der Waals surface area contributed by atoms with Crippen molar-refractivity contribution in [1.29, 1.82) is 0 Å². The molecule has 5 unspecified atom stereocenters. The molecule has 0 aliphatic heterocycles. The number of allylic oxidation sites excluding steroid dienone is 1. The number of carbonyl (C=O) groups excluding carboxylic acids is 2. The van der Waals surface area contributed by atoms with Crippen molar-refractivity contribution in [2.75, 3.05) is 6.54 Å². The van der Waals surface area contributed by atoms with Gasteiger partial charge in [-0.1, -0.05) is 13.2 Å². The van der Waals surface area contributed by atoms with Crippen LogP contribution in [-0.2, 0) is 9.59 Å². The second kappa shape index (κ2) is 7.47. The van der Waals surface area contributed by atoms with E-state index in [0.717, 1.165) is 42.6 Å². The largest absolute Gasteiger partial charge is 0.352 e. The maximum atomic E-state index is 11.8. The Morgan fingerprint density at radius 2 is 1.76 bits per heavy atom. The maximum absolute atomic E-state index is 11.8. The van der Waals surface area contributed by atoms with Crippen LogP contribution in [0.4, 0.5) is 0 Å². The Morgan fingerprint density at radius 1 is 1.00 bits per heavy atom. The molecule has 0 aromatic rings. The monoisotopic (exact) mass is 343 g/mol. The molecule has 0 saturated heterocycles. The van der Waals surface area contributed by atoms with Crippen LogP contribution in [-0.4, -0.2) is 18.2 Å². The fourth-order valence-corrected chi connectivity index (χ4v) is 6.10. The molecule has 2 bridgehead atoms. The van der Waals surface area contributed by atoms with E-state index >= 15 is 0 Å². The van der Waals surface area contributed by atoms with Crippen LogP contribution in [0.5, 0.6) is 0 Å². The average Bonchev–Trinajstić information content (AvgIpc) is 3.24. The number of rotatable bonds is 8. The predicted octanol–water partition coefficient (Wildman–Crippen LogP) is 4.29. The topological polar surface area (TPSA) is 46.2 Å². The summed E-state index contributed by atoms with van der Waals surface area (Å²) >= 11 is 0. The van der Waals surface area contributed by atoms with Gasteiger partial charge in [-0.15, -0.1) is 0 Å². The molecule has 3 aliphatic carbocycles. The lowest BCUT2D eigenvalue weighted by Gasteiger charge is -2.34. The Balaban J connectivity index is 1.48. The van der Waals surface area contributed by atoms with Crippen molar-refractivity contribution in [3.8, 4) is 0 Å². The van der Waals surface area contributed by atoms with Gasteiger partial charge in [-0.3, -0.25) is 9.59 Å². The van der Waals surface area contributed by atoms with Gasteiger partial charge in [0.2, 0.25) is 5.91 Å². The zero-order chi connectivity index (χ0) is 18.1. The smallest absolute Gasteiger partial charge is 0.246 e. The highest BCUT2D eigenvalue weighted by Crippen LogP contribution is 2.63. The van der Waals surface area contributed by atoms with E-state index in [9.17, 15) is 9.59 Å². The fourth-order valence-electron chi connectivity index (χ4n) is 6.10. The minimum atomic E-state index is 0.00537. The highest BCUT2D eigenvalue weighted by atomic mass is 16.1. The van der Waals surface area contributed by atoms with Crippen molar-refractivity contribution in [2.45, 2.75) is 58.8 Å². The molecule has 25 heavy (non-hydrogen) atoms. The van der Waals surface area contributed by atoms with Crippen molar-refractivity contribution in [2.24, 2.45) is 35.5 Å². The molecule has 1 amide bonds. The summed E-state index contributed by atoms with van der Waals surface area (Å²) in [5, 5.41) is 3.07. The van der Waals surface area contributed by atoms with E-state index in [1.165, 1.54) is 32.1 Å². The molecule has 3 aliphatic rings. The number of fused-ring (bicyclic) bond motifs is 5. The van der Waals surface area contributed by atoms with E-state index in [-0.39, 0.29) is 11.7 Å². The summed E-state index contributed by atoms with van der Waals surface area (Å²) < 4.78 is 0. The molecule has 0 spiro atoms. The third kappa shape index (κ3) is 3.75. The van der Waals surface area contributed by atoms with Gasteiger partial charge in [-0.25, -0.2) is 0 Å². The summed E-state index contributed by atoms with van der Waals surface area (Å²) in [6, 6.07) is 0. The SMILES string of the molecule is C=C(C)C(=O)CCCC1CCC2C1C1CC2[C@H](CNC(=O)C(=C)C)C1. The average molecular weight is 344 g/mol. The van der Waals surface area contributed by atoms with Crippen LogP contribution in [0.2, 0.25) is 0 Å². The predicted molar refractivity (Wildman–Crippen MR) is 101 cm³/mol. The lowest BCUT2D eigenvalue weighted by Crippen LogP contribution is -2.36. The van der Waals surface area contributed by atoms with Crippen LogP contribution in [0.3, 0.4) is 0 Å². The summed E-state index contributed by atoms with van der Waals surface area (Å²) in [6.45, 7) is 11.9. The molecule has 1 N–H and O–H groups in total. The van der Waals surface area contributed by atoms with E-state index in [0.29, 0.717) is 23.5 Å². The van der Waals surface area contributed by atoms with Gasteiger partial charge in [0.25, 0.3) is 0 Å². The number of Topliss-reactive ketones (excluding diaryl/α,β-unsaturated/α-hetero) is 1. The van der Waals surface area contributed by atoms with Crippen molar-refractivity contribution < 1.29 is 9.59 Å². The van der Waals surface area contributed by atoms with Gasteiger partial charge < -0.3 is 5.32 Å². The first-order valence-electron chi connectivity index (χ1n) is 10.0. The van der Waals surface area contributed by atoms with Gasteiger partial charge in [0.1, 0.15) is 0 Å². The van der Waals surface area contributed by atoms with Crippen molar-refractivity contribution >= 4 is 11.7 Å². The van der Waals surface area contributed by atoms with Crippen LogP contribution in [0.1, 0.15) is 58.8 Å². The third-order valence-electron chi connectivity index (χ3n) is 7.16. The highest BCUT2D eigenvalue weighted by molar-refractivity contribution is 5.94. The first-order chi connectivity index (χ1) is 11.9. The first-order valence-corrected chi connectivity index (χ1v) is 10.0. The molecule has 0 aromatic heterocycles. The van der Waals surface area contributed by atoms with Crippen LogP contribution in [0.15, 0.2) is 24.3 Å². The molecule has 0 radical (unpaired) electrons. The molecule has 3 fully saturated rings. The van der Waals surface area contributed by atoms with Crippen LogP contribution >= 0.6 is 0 Å². The second-order valence-corrected chi connectivity index (χ2v) is 8.82. The fraction of sp³-hybridized carbons (Fsp3) is 0.727. The van der Waals surface area contributed by atoms with E-state index in [2.05, 4.69) is 18.5 Å². The van der Waals surface area contributed by atoms with Gasteiger partial charge in [0, 0.05) is 18.5 Å². The number of carbonyl (C=O) groups is 2. The minimum Gasteiger partial charge on any atom is -0.352 e. The molecule has 6 atom stereocenters. The number of amides is 1. The van der Waals surface area contributed by atoms with Crippen LogP contribution in [0, 0.1) is 35.5 Å². The third-order valence-corrected chi connectivity index (χ3v) is 7.16. The number of hydrogen-bond donors (Lipinski definition) is 1. The molecule has 3 nitrogen and oxygen atoms in total. The Bertz CT molecular complexity index is 579. The minimum absolute atomic E-state index is 0.00537. The Kier molecular flexibility index (Phi) is 5.50. The van der Waals surface area contributed by atoms with E-state index in [4.69, 9.17) is 0 Å². The van der Waals surface area contributed by atoms with E-state index in [1.54, 1.807) is 6.92 Å². The quantitative estimate of drug-likeness (QED) is 0.668. The Hall–Kier alpha value is -1.38. The molecular formula is C22H33NO2. The molecule has 3 heteroatoms. The number of ketones is 1. The summed E-state index contributed by atoms with van der Waals surface area (Å²) in [5.74, 6) is 5.14. The normalized spacial score (nSPS) is 35.4. The van der Waals surface area contributed by atoms with Crippen molar-refractivity contribution in [3.63, 3.8) is 0 Å². The Labute approximate surface area is 152 Å². The van der Waals surface area contributed by atoms with Crippen molar-refractivity contribution in [1.82, 2.24) is 5.32 Å². The Morgan fingerprint density at radius 3 is 2.44 bits per heavy atom. The maximum Gasteiger partial charge on any atom is 0.246 e. The first kappa shape index (κ1) is 18.4. The molecular weight excluding hydrogens is 310 g/mol. The standard InChI is InChI=1S/C22H33NO2/c1-13(2)20(24)7-5-6-15-8-9-18-19-11-16(21(15)18)10-17(19)12-23-22(25)14(3)4/h15-19,21H,1,3,5-12H2,2,4H3,(H,23,25)/t15?,16?,17-,18?,19?,21?/m0/s1. The van der Waals surface area contributed by atoms with Crippen molar-refractivity contribution in [3.05, 3.63) is 24.3 Å². The lowest BCUT2D eigenvalue weighted by molar-refractivity contribution is -0.118. The molecule has 138 valence electrons. The number of hydrogen-bond acceptors (Lipinski definition) is 2. The zero-order valence-corrected chi connectivity index (χ0v) is 15.9. The van der Waals surface area contributed by atoms with E-state index < -0.39 is 0 Å². The summed E-state index contributed by atoms with van der Waals surface area (Å²) in [7, 11) is 0. The van der Waals surface area contributed by atoms with Gasteiger partial charge in [-0.05, 0) is 93.5 Å². The summed E-state index contributed by atoms with van der Waals surface area (Å²) in [5.41, 5.74) is 1.30. The van der Waals surface area contributed by atoms with Crippen LogP contribution in [0.25, 0.3) is 0 Å². The van der Waals surface area contributed by atoms with Crippen LogP contribution < -0.4 is 5.32 Å². The molecule has 3 saturated carbocycles.